The number of ether oxygens (including phenoxy) is 1. The highest BCUT2D eigenvalue weighted by Crippen LogP contribution is 2.03. The van der Waals surface area contributed by atoms with Crippen molar-refractivity contribution in [2.45, 2.75) is 19.4 Å². The van der Waals surface area contributed by atoms with Crippen molar-refractivity contribution in [3.63, 3.8) is 0 Å². The number of rotatable bonds is 5. The summed E-state index contributed by atoms with van der Waals surface area (Å²) < 4.78 is 4.35. The average Bonchev–Trinajstić information content (AvgIpc) is 2.35. The average molecular weight is 239 g/mol. The van der Waals surface area contributed by atoms with Gasteiger partial charge in [-0.25, -0.2) is 19.6 Å². The molecule has 1 atom stereocenters. The molecule has 0 bridgehead atoms. The van der Waals surface area contributed by atoms with Gasteiger partial charge in [0, 0.05) is 12.4 Å². The second-order valence-electron chi connectivity index (χ2n) is 3.21. The summed E-state index contributed by atoms with van der Waals surface area (Å²) in [5.41, 5.74) is 0.917. The predicted molar refractivity (Wildman–Crippen MR) is 58.5 cm³/mol. The quantitative estimate of drug-likeness (QED) is 0.554. The van der Waals surface area contributed by atoms with Crippen LogP contribution in [0.3, 0.4) is 0 Å². The van der Waals surface area contributed by atoms with Gasteiger partial charge in [0.1, 0.15) is 0 Å². The highest BCUT2D eigenvalue weighted by atomic mass is 16.5. The van der Waals surface area contributed by atoms with E-state index in [0.717, 1.165) is 19.1 Å². The van der Waals surface area contributed by atoms with Gasteiger partial charge in [-0.3, -0.25) is 0 Å². The van der Waals surface area contributed by atoms with Crippen molar-refractivity contribution in [3.05, 3.63) is 18.0 Å². The van der Waals surface area contributed by atoms with Gasteiger partial charge in [-0.05, 0) is 12.0 Å². The number of hydrogen-bond acceptors (Lipinski definition) is 6. The number of carboxylic acid groups (broad SMARTS) is 1. The Bertz CT molecular complexity index is 405. The van der Waals surface area contributed by atoms with Crippen molar-refractivity contribution in [1.82, 2.24) is 9.97 Å². The van der Waals surface area contributed by atoms with Gasteiger partial charge in [-0.2, -0.15) is 0 Å². The van der Waals surface area contributed by atoms with Gasteiger partial charge in [0.15, 0.2) is 0 Å². The maximum atomic E-state index is 11.2. The van der Waals surface area contributed by atoms with E-state index in [1.165, 1.54) is 0 Å². The van der Waals surface area contributed by atoms with Crippen LogP contribution in [0.4, 0.5) is 5.95 Å². The van der Waals surface area contributed by atoms with Crippen molar-refractivity contribution >= 4 is 17.9 Å². The number of hydrogen-bond donors (Lipinski definition) is 2. The van der Waals surface area contributed by atoms with Crippen LogP contribution in [0, 0.1) is 0 Å². The number of carboxylic acids is 1. The summed E-state index contributed by atoms with van der Waals surface area (Å²) >= 11 is 0. The van der Waals surface area contributed by atoms with Crippen molar-refractivity contribution in [1.29, 1.82) is 0 Å². The summed E-state index contributed by atoms with van der Waals surface area (Å²) in [6.07, 6.45) is 3.90. The van der Waals surface area contributed by atoms with E-state index in [1.807, 2.05) is 6.92 Å². The number of methoxy groups -OCH3 is 1. The number of nitrogens with zero attached hydrogens (tertiary/aromatic N) is 2. The summed E-state index contributed by atoms with van der Waals surface area (Å²) in [6, 6.07) is -1.51. The lowest BCUT2D eigenvalue weighted by Gasteiger charge is -2.11. The molecule has 1 aromatic heterocycles. The summed E-state index contributed by atoms with van der Waals surface area (Å²) in [5.74, 6) is -2.18. The van der Waals surface area contributed by atoms with Crippen LogP contribution in [0.2, 0.25) is 0 Å². The lowest BCUT2D eigenvalue weighted by molar-refractivity contribution is -0.150. The van der Waals surface area contributed by atoms with Crippen LogP contribution in [0.1, 0.15) is 12.5 Å². The van der Waals surface area contributed by atoms with Gasteiger partial charge in [0.2, 0.25) is 12.0 Å². The Balaban J connectivity index is 2.79. The van der Waals surface area contributed by atoms with E-state index >= 15 is 0 Å². The number of aliphatic carboxylic acids is 1. The molecule has 0 saturated carbocycles. The van der Waals surface area contributed by atoms with Gasteiger partial charge >= 0.3 is 11.9 Å². The lowest BCUT2D eigenvalue weighted by atomic mass is 10.3. The minimum Gasteiger partial charge on any atom is -0.479 e. The third-order valence-electron chi connectivity index (χ3n) is 2.07. The molecule has 0 fully saturated rings. The molecule has 1 unspecified atom stereocenters. The molecular weight excluding hydrogens is 226 g/mol. The van der Waals surface area contributed by atoms with Crippen molar-refractivity contribution < 1.29 is 19.4 Å². The molecule has 7 heteroatoms. The summed E-state index contributed by atoms with van der Waals surface area (Å²) in [5, 5.41) is 11.2. The molecular formula is C10H13N3O4. The molecule has 0 aliphatic heterocycles. The monoisotopic (exact) mass is 239 g/mol. The molecule has 0 aliphatic rings. The van der Waals surface area contributed by atoms with Crippen LogP contribution in [0.5, 0.6) is 0 Å². The molecule has 0 spiro atoms. The van der Waals surface area contributed by atoms with E-state index in [4.69, 9.17) is 5.11 Å². The number of aromatic nitrogens is 2. The van der Waals surface area contributed by atoms with Gasteiger partial charge in [-0.15, -0.1) is 0 Å². The molecule has 1 heterocycles. The molecule has 0 amide bonds. The molecule has 2 N–H and O–H groups in total. The Labute approximate surface area is 97.8 Å². The highest BCUT2D eigenvalue weighted by molar-refractivity contribution is 6.00. The Kier molecular flexibility index (Phi) is 4.38. The largest absolute Gasteiger partial charge is 0.479 e. The number of carbonyl (C=O) groups is 2. The molecule has 92 valence electrons. The number of esters is 1. The molecule has 17 heavy (non-hydrogen) atoms. The van der Waals surface area contributed by atoms with E-state index < -0.39 is 18.0 Å². The first-order valence-corrected chi connectivity index (χ1v) is 4.96. The Morgan fingerprint density at radius 3 is 2.47 bits per heavy atom. The first kappa shape index (κ1) is 12.9. The fraction of sp³-hybridized carbons (Fsp3) is 0.400. The minimum absolute atomic E-state index is 0.0694. The van der Waals surface area contributed by atoms with E-state index in [0.29, 0.717) is 0 Å². The normalized spacial score (nSPS) is 11.6. The summed E-state index contributed by atoms with van der Waals surface area (Å²) in [6.45, 7) is 1.94. The number of aryl methyl sites for hydroxylation is 1. The van der Waals surface area contributed by atoms with E-state index in [1.54, 1.807) is 12.4 Å². The number of anilines is 1. The maximum Gasteiger partial charge on any atom is 0.340 e. The smallest absolute Gasteiger partial charge is 0.340 e. The topological polar surface area (TPSA) is 101 Å². The van der Waals surface area contributed by atoms with Crippen LogP contribution in [-0.4, -0.2) is 40.2 Å². The molecule has 0 radical (unpaired) electrons. The second kappa shape index (κ2) is 5.78. The third kappa shape index (κ3) is 3.40. The van der Waals surface area contributed by atoms with Crippen molar-refractivity contribution in [3.8, 4) is 0 Å². The molecule has 0 aromatic carbocycles. The SMILES string of the molecule is CCc1cnc(NC(C(=O)O)C(=O)OC)nc1. The second-order valence-corrected chi connectivity index (χ2v) is 3.21. The standard InChI is InChI=1S/C10H13N3O4/c1-3-6-4-11-10(12-5-6)13-7(8(14)15)9(16)17-2/h4-5,7H,3H2,1-2H3,(H,14,15)(H,11,12,13). The molecule has 7 nitrogen and oxygen atoms in total. The van der Waals surface area contributed by atoms with E-state index in [9.17, 15) is 9.59 Å². The Morgan fingerprint density at radius 2 is 2.06 bits per heavy atom. The Morgan fingerprint density at radius 1 is 1.47 bits per heavy atom. The zero-order valence-electron chi connectivity index (χ0n) is 9.51. The van der Waals surface area contributed by atoms with Crippen molar-refractivity contribution in [2.75, 3.05) is 12.4 Å². The molecule has 0 saturated heterocycles. The first-order valence-electron chi connectivity index (χ1n) is 4.96. The minimum atomic E-state index is -1.51. The third-order valence-corrected chi connectivity index (χ3v) is 2.07. The van der Waals surface area contributed by atoms with Gasteiger partial charge in [-0.1, -0.05) is 6.92 Å². The van der Waals surface area contributed by atoms with Crippen molar-refractivity contribution in [2.24, 2.45) is 0 Å². The Hall–Kier alpha value is -2.18. The summed E-state index contributed by atoms with van der Waals surface area (Å²) in [4.78, 5) is 29.8. The maximum absolute atomic E-state index is 11.2. The van der Waals surface area contributed by atoms with Crippen LogP contribution in [0.15, 0.2) is 12.4 Å². The van der Waals surface area contributed by atoms with Crippen LogP contribution in [-0.2, 0) is 20.7 Å². The van der Waals surface area contributed by atoms with E-state index in [2.05, 4.69) is 20.0 Å². The fourth-order valence-corrected chi connectivity index (χ4v) is 1.08. The highest BCUT2D eigenvalue weighted by Gasteiger charge is 2.27. The first-order chi connectivity index (χ1) is 8.08. The number of carbonyl (C=O) groups excluding carboxylic acids is 1. The van der Waals surface area contributed by atoms with Crippen LogP contribution < -0.4 is 5.32 Å². The molecule has 1 rings (SSSR count). The number of nitrogens with one attached hydrogen (secondary N) is 1. The predicted octanol–water partition coefficient (Wildman–Crippen LogP) is 0.0771. The molecule has 1 aromatic rings. The van der Waals surface area contributed by atoms with Crippen LogP contribution in [0.25, 0.3) is 0 Å². The van der Waals surface area contributed by atoms with E-state index in [-0.39, 0.29) is 5.95 Å². The fourth-order valence-electron chi connectivity index (χ4n) is 1.08. The summed E-state index contributed by atoms with van der Waals surface area (Å²) in [7, 11) is 1.11. The van der Waals surface area contributed by atoms with Gasteiger partial charge < -0.3 is 15.2 Å². The van der Waals surface area contributed by atoms with Crippen LogP contribution >= 0.6 is 0 Å². The van der Waals surface area contributed by atoms with Gasteiger partial charge in [0.05, 0.1) is 7.11 Å². The zero-order valence-corrected chi connectivity index (χ0v) is 9.51. The van der Waals surface area contributed by atoms with Gasteiger partial charge in [0.25, 0.3) is 0 Å². The zero-order chi connectivity index (χ0) is 12.8. The lowest BCUT2D eigenvalue weighted by Crippen LogP contribution is -2.38. The molecule has 0 aliphatic carbocycles.